The monoisotopic (exact) mass is 986 g/mol. The fraction of sp³-hybridized carbons (Fsp3) is 0.891. The summed E-state index contributed by atoms with van der Waals surface area (Å²) in [5.74, 6) is 3.86. The van der Waals surface area contributed by atoms with Crippen molar-refractivity contribution >= 4 is 35.3 Å². The molecule has 0 aromatic heterocycles. The maximum absolute atomic E-state index is 4.21. The van der Waals surface area contributed by atoms with Crippen LogP contribution in [-0.2, 0) is 6.42 Å². The Balaban J connectivity index is 2.50. The highest BCUT2D eigenvalue weighted by atomic mass is 32.2. The van der Waals surface area contributed by atoms with Gasteiger partial charge >= 0.3 is 0 Å². The van der Waals surface area contributed by atoms with Gasteiger partial charge in [-0.3, -0.25) is 0 Å². The Labute approximate surface area is 437 Å². The minimum Gasteiger partial charge on any atom is -0.125 e. The van der Waals surface area contributed by atoms with Gasteiger partial charge in [0.25, 0.3) is 0 Å². The lowest BCUT2D eigenvalue weighted by Crippen LogP contribution is -1.95. The zero-order valence-electron chi connectivity index (χ0n) is 46.3. The number of aryl methyl sites for hydroxylation is 1. The van der Waals surface area contributed by atoms with Crippen LogP contribution in [0.25, 0.3) is 0 Å². The third-order valence-electron chi connectivity index (χ3n) is 14.6. The highest BCUT2D eigenvalue weighted by molar-refractivity contribution is 8.03. The molecule has 395 valence electrons. The van der Waals surface area contributed by atoms with Gasteiger partial charge in [0.2, 0.25) is 0 Å². The molecule has 1 aromatic carbocycles. The molecule has 0 bridgehead atoms. The smallest absolute Gasteiger partial charge is 0.0344 e. The Morgan fingerprint density at radius 1 is 0.269 bits per heavy atom. The van der Waals surface area contributed by atoms with E-state index in [4.69, 9.17) is 0 Å². The summed E-state index contributed by atoms with van der Waals surface area (Å²) in [6, 6.07) is 5.23. The lowest BCUT2D eigenvalue weighted by atomic mass is 10.0. The van der Waals surface area contributed by atoms with Crippen LogP contribution in [0.15, 0.2) is 26.8 Å². The van der Waals surface area contributed by atoms with Crippen molar-refractivity contribution in [2.45, 2.75) is 363 Å². The van der Waals surface area contributed by atoms with E-state index in [0.29, 0.717) is 0 Å². The van der Waals surface area contributed by atoms with Crippen molar-refractivity contribution in [3.63, 3.8) is 0 Å². The fourth-order valence-corrected chi connectivity index (χ4v) is 13.8. The quantitative estimate of drug-likeness (QED) is 0.0472. The third kappa shape index (κ3) is 45.8. The molecular formula is C64H121S3. The van der Waals surface area contributed by atoms with E-state index in [0.717, 1.165) is 6.42 Å². The predicted molar refractivity (Wildman–Crippen MR) is 316 cm³/mol. The van der Waals surface area contributed by atoms with E-state index in [9.17, 15) is 0 Å². The number of unbranched alkanes of at least 4 members (excludes halogenated alkanes) is 46. The first-order valence-electron chi connectivity index (χ1n) is 31.1. The third-order valence-corrected chi connectivity index (χ3v) is 18.3. The van der Waals surface area contributed by atoms with E-state index in [1.54, 1.807) is 20.2 Å². The average molecular weight is 987 g/mol. The minimum absolute atomic E-state index is 1.04. The largest absolute Gasteiger partial charge is 0.125 e. The van der Waals surface area contributed by atoms with Crippen LogP contribution in [0.4, 0.5) is 0 Å². The zero-order valence-corrected chi connectivity index (χ0v) is 48.7. The van der Waals surface area contributed by atoms with Crippen LogP contribution < -0.4 is 0 Å². The van der Waals surface area contributed by atoms with Crippen LogP contribution in [0.3, 0.4) is 0 Å². The van der Waals surface area contributed by atoms with Gasteiger partial charge in [-0.25, -0.2) is 0 Å². The lowest BCUT2D eigenvalue weighted by molar-refractivity contribution is 0.531. The summed E-state index contributed by atoms with van der Waals surface area (Å²) in [5, 5.41) is 0. The van der Waals surface area contributed by atoms with Crippen molar-refractivity contribution in [1.29, 1.82) is 0 Å². The molecule has 0 aliphatic carbocycles. The molecular weight excluding hydrogens is 865 g/mol. The minimum atomic E-state index is 1.04. The first kappa shape index (κ1) is 65.3. The predicted octanol–water partition coefficient (Wildman–Crippen LogP) is 24.9. The van der Waals surface area contributed by atoms with Crippen molar-refractivity contribution < 1.29 is 0 Å². The molecule has 1 rings (SSSR count). The van der Waals surface area contributed by atoms with Gasteiger partial charge in [0.05, 0.1) is 0 Å². The Hall–Kier alpha value is 0.270. The van der Waals surface area contributed by atoms with Crippen molar-refractivity contribution in [2.75, 3.05) is 17.3 Å². The molecule has 3 heteroatoms. The molecule has 0 spiro atoms. The second-order valence-corrected chi connectivity index (χ2v) is 24.7. The zero-order chi connectivity index (χ0) is 48.0. The molecule has 0 heterocycles. The van der Waals surface area contributed by atoms with E-state index >= 15 is 0 Å². The summed E-state index contributed by atoms with van der Waals surface area (Å²) >= 11 is 6.62. The topological polar surface area (TPSA) is 0 Å². The Morgan fingerprint density at radius 3 is 0.701 bits per heavy atom. The van der Waals surface area contributed by atoms with E-state index in [2.05, 4.69) is 75.1 Å². The Morgan fingerprint density at radius 2 is 0.478 bits per heavy atom. The summed E-state index contributed by atoms with van der Waals surface area (Å²) in [7, 11) is 0. The van der Waals surface area contributed by atoms with Crippen LogP contribution in [0, 0.1) is 6.92 Å². The summed E-state index contributed by atoms with van der Waals surface area (Å²) in [5.41, 5.74) is 1.57. The van der Waals surface area contributed by atoms with Crippen LogP contribution in [0.2, 0.25) is 0 Å². The van der Waals surface area contributed by atoms with Crippen LogP contribution in [-0.4, -0.2) is 17.3 Å². The van der Waals surface area contributed by atoms with Gasteiger partial charge in [0.1, 0.15) is 0 Å². The van der Waals surface area contributed by atoms with Gasteiger partial charge < -0.3 is 0 Å². The molecule has 0 nitrogen and oxygen atoms in total. The molecule has 0 saturated heterocycles. The van der Waals surface area contributed by atoms with Gasteiger partial charge in [-0.15, -0.1) is 35.3 Å². The van der Waals surface area contributed by atoms with Crippen LogP contribution in [0.5, 0.6) is 0 Å². The summed E-state index contributed by atoms with van der Waals surface area (Å²) in [4.78, 5) is 4.86. The lowest BCUT2D eigenvalue weighted by Gasteiger charge is -2.17. The van der Waals surface area contributed by atoms with Crippen molar-refractivity contribution in [1.82, 2.24) is 0 Å². The molecule has 1 aromatic rings. The van der Waals surface area contributed by atoms with Gasteiger partial charge in [0, 0.05) is 14.7 Å². The molecule has 0 amide bonds. The van der Waals surface area contributed by atoms with Crippen molar-refractivity contribution in [2.24, 2.45) is 0 Å². The number of hydrogen-bond acceptors (Lipinski definition) is 3. The molecule has 1 radical (unpaired) electrons. The molecule has 67 heavy (non-hydrogen) atoms. The molecule has 0 saturated carbocycles. The second kappa shape index (κ2) is 55.6. The van der Waals surface area contributed by atoms with Crippen molar-refractivity contribution in [3.05, 3.63) is 24.6 Å². The number of hydrogen-bond donors (Lipinski definition) is 0. The van der Waals surface area contributed by atoms with E-state index < -0.39 is 0 Å². The van der Waals surface area contributed by atoms with E-state index in [1.165, 1.54) is 338 Å². The first-order chi connectivity index (χ1) is 33.3. The molecule has 0 atom stereocenters. The standard InChI is InChI=1S/C64H121S3/c1-5-9-13-16-19-22-25-28-31-34-37-40-43-46-49-52-56-65-62-59-61(55-12-8-4)60-63(66-57-53-50-47-44-41-38-35-32-29-26-23-20-17-14-10-6-2)64(62)67-58-54-51-48-45-42-39-36-33-30-27-24-21-18-15-11-7-3/h59-60H,4-58H2,1-3H3. The molecule has 0 N–H and O–H groups in total. The maximum Gasteiger partial charge on any atom is 0.0344 e. The first-order valence-corrected chi connectivity index (χ1v) is 34.1. The van der Waals surface area contributed by atoms with Crippen LogP contribution in [0.1, 0.15) is 347 Å². The number of benzene rings is 1. The molecule has 0 aliphatic heterocycles. The number of thioether (sulfide) groups is 3. The average Bonchev–Trinajstić information content (AvgIpc) is 3.34. The second-order valence-electron chi connectivity index (χ2n) is 21.3. The van der Waals surface area contributed by atoms with E-state index in [1.807, 2.05) is 0 Å². The normalized spacial score (nSPS) is 11.7. The van der Waals surface area contributed by atoms with Gasteiger partial charge in [-0.1, -0.05) is 323 Å². The maximum atomic E-state index is 4.21. The number of rotatable bonds is 57. The highest BCUT2D eigenvalue weighted by Gasteiger charge is 2.14. The van der Waals surface area contributed by atoms with Crippen molar-refractivity contribution in [3.8, 4) is 0 Å². The SMILES string of the molecule is [CH2]CCCc1cc(SCCCCCCCCCCCCCCCCCC)c(SCCCCCCCCCCCCCCCCCC)c(SCCCCCCCCCCCCCCCCCC)c1. The van der Waals surface area contributed by atoms with Gasteiger partial charge in [-0.2, -0.15) is 0 Å². The van der Waals surface area contributed by atoms with Crippen LogP contribution >= 0.6 is 35.3 Å². The summed E-state index contributed by atoms with van der Waals surface area (Å²) in [6.45, 7) is 11.2. The molecule has 0 aliphatic rings. The van der Waals surface area contributed by atoms with Gasteiger partial charge in [-0.05, 0) is 67.1 Å². The Bertz CT molecular complexity index is 1020. The summed E-state index contributed by atoms with van der Waals surface area (Å²) < 4.78 is 0. The molecule has 0 fully saturated rings. The molecule has 0 unspecified atom stereocenters. The summed E-state index contributed by atoms with van der Waals surface area (Å²) in [6.07, 6.45) is 72.9. The fourth-order valence-electron chi connectivity index (χ4n) is 9.95. The highest BCUT2D eigenvalue weighted by Crippen LogP contribution is 2.41. The Kier molecular flexibility index (Phi) is 54.2. The van der Waals surface area contributed by atoms with E-state index in [-0.39, 0.29) is 0 Å². The van der Waals surface area contributed by atoms with Gasteiger partial charge in [0.15, 0.2) is 0 Å².